The quantitative estimate of drug-likeness (QED) is 0.422. The van der Waals surface area contributed by atoms with E-state index >= 15 is 0 Å². The van der Waals surface area contributed by atoms with Gasteiger partial charge >= 0.3 is 0 Å². The van der Waals surface area contributed by atoms with Crippen LogP contribution in [0.15, 0.2) is 0 Å². The van der Waals surface area contributed by atoms with E-state index in [9.17, 15) is 0 Å². The first-order valence-electron chi connectivity index (χ1n) is 5.10. The molecule has 0 amide bonds. The number of rotatable bonds is 7. The lowest BCUT2D eigenvalue weighted by Gasteiger charge is -2.22. The SMILES string of the molecule is [13CH3][13CH](Cl)C(Cl)CC(Cl)C(Cl)CC(Cl)[13CH]([13CH3])Cl. The second-order valence-electron chi connectivity index (χ2n) is 3.89. The van der Waals surface area contributed by atoms with Crippen molar-refractivity contribution in [3.8, 4) is 0 Å². The van der Waals surface area contributed by atoms with Gasteiger partial charge in [0.15, 0.2) is 0 Å². The molecule has 0 aliphatic carbocycles. The van der Waals surface area contributed by atoms with Crippen LogP contribution in [0.1, 0.15) is 26.7 Å². The van der Waals surface area contributed by atoms with Crippen molar-refractivity contribution in [2.75, 3.05) is 0 Å². The fraction of sp³-hybridized carbons (Fsp3) is 1.00. The summed E-state index contributed by atoms with van der Waals surface area (Å²) < 4.78 is 0. The first-order chi connectivity index (χ1) is 7.25. The maximum atomic E-state index is 6.14. The van der Waals surface area contributed by atoms with Crippen LogP contribution in [0.2, 0.25) is 0 Å². The molecule has 6 unspecified atom stereocenters. The molecule has 0 radical (unpaired) electrons. The Balaban J connectivity index is 4.03. The number of hydrogen-bond acceptors (Lipinski definition) is 0. The van der Waals surface area contributed by atoms with Crippen LogP contribution in [-0.2, 0) is 0 Å². The maximum absolute atomic E-state index is 6.14. The van der Waals surface area contributed by atoms with Crippen molar-refractivity contribution in [3.05, 3.63) is 0 Å². The number of halogens is 6. The van der Waals surface area contributed by atoms with Crippen LogP contribution in [0, 0.1) is 0 Å². The molecule has 0 N–H and O–H groups in total. The highest BCUT2D eigenvalue weighted by Gasteiger charge is 2.26. The molecule has 0 saturated carbocycles. The highest BCUT2D eigenvalue weighted by atomic mass is 35.5. The molecular weight excluding hydrogens is 337 g/mol. The van der Waals surface area contributed by atoms with Crippen LogP contribution in [0.5, 0.6) is 0 Å². The van der Waals surface area contributed by atoms with E-state index in [1.165, 1.54) is 0 Å². The Bertz CT molecular complexity index is 164. The van der Waals surface area contributed by atoms with Gasteiger partial charge in [-0.25, -0.2) is 0 Å². The molecule has 0 aliphatic heterocycles. The van der Waals surface area contributed by atoms with E-state index in [-0.39, 0.29) is 32.3 Å². The highest BCUT2D eigenvalue weighted by Crippen LogP contribution is 2.27. The lowest BCUT2D eigenvalue weighted by atomic mass is 10.1. The van der Waals surface area contributed by atoms with Crippen molar-refractivity contribution in [1.82, 2.24) is 0 Å². The molecule has 0 spiro atoms. The van der Waals surface area contributed by atoms with Gasteiger partial charge in [-0.2, -0.15) is 0 Å². The summed E-state index contributed by atoms with van der Waals surface area (Å²) in [5, 5.41) is -1.14. The van der Waals surface area contributed by atoms with Crippen molar-refractivity contribution in [2.45, 2.75) is 59.0 Å². The van der Waals surface area contributed by atoms with Crippen molar-refractivity contribution in [2.24, 2.45) is 0 Å². The molecule has 0 bridgehead atoms. The summed E-state index contributed by atoms with van der Waals surface area (Å²) in [6.45, 7) is 3.66. The average molecular weight is 353 g/mol. The zero-order valence-electron chi connectivity index (χ0n) is 9.15. The maximum Gasteiger partial charge on any atom is 0.0514 e. The highest BCUT2D eigenvalue weighted by molar-refractivity contribution is 6.33. The molecule has 16 heavy (non-hydrogen) atoms. The summed E-state index contributed by atoms with van der Waals surface area (Å²) in [5.41, 5.74) is 0. The van der Waals surface area contributed by atoms with E-state index in [1.54, 1.807) is 0 Å². The van der Waals surface area contributed by atoms with Gasteiger partial charge in [-0.15, -0.1) is 69.6 Å². The van der Waals surface area contributed by atoms with Crippen LogP contribution in [0.3, 0.4) is 0 Å². The molecule has 0 aromatic heterocycles. The van der Waals surface area contributed by atoms with Gasteiger partial charge in [-0.1, -0.05) is 0 Å². The predicted molar refractivity (Wildman–Crippen MR) is 78.4 cm³/mol. The summed E-state index contributed by atoms with van der Waals surface area (Å²) >= 11 is 36.0. The van der Waals surface area contributed by atoms with E-state index < -0.39 is 0 Å². The Labute approximate surface area is 128 Å². The van der Waals surface area contributed by atoms with Crippen LogP contribution in [-0.4, -0.2) is 32.3 Å². The largest absolute Gasteiger partial charge is 0.122 e. The summed E-state index contributed by atoms with van der Waals surface area (Å²) in [5.74, 6) is 0. The molecule has 0 rings (SSSR count). The molecular formula is C10H16Cl6. The molecule has 6 heteroatoms. The topological polar surface area (TPSA) is 0 Å². The first kappa shape index (κ1) is 17.7. The Morgan fingerprint density at radius 1 is 0.562 bits per heavy atom. The van der Waals surface area contributed by atoms with Gasteiger partial charge < -0.3 is 0 Å². The molecule has 0 fully saturated rings. The van der Waals surface area contributed by atoms with Crippen LogP contribution < -0.4 is 0 Å². The standard InChI is InChI=1S/C10H16Cl6/c1-5(11)7(13)3-9(15)10(16)4-8(14)6(2)12/h5-10H,3-4H2,1-2H3/i1+1,2+1,5+1,6+1. The minimum atomic E-state index is -0.248. The third-order valence-corrected chi connectivity index (χ3v) is 5.36. The molecule has 6 atom stereocenters. The predicted octanol–water partition coefficient (Wildman–Crippen LogP) is 5.45. The zero-order valence-corrected chi connectivity index (χ0v) is 13.7. The van der Waals surface area contributed by atoms with Crippen LogP contribution in [0.25, 0.3) is 0 Å². The molecule has 0 aromatic carbocycles. The van der Waals surface area contributed by atoms with Crippen molar-refractivity contribution in [1.29, 1.82) is 0 Å². The van der Waals surface area contributed by atoms with Gasteiger partial charge in [-0.05, 0) is 26.7 Å². The Hall–Kier alpha value is 1.74. The van der Waals surface area contributed by atoms with Gasteiger partial charge in [0.2, 0.25) is 0 Å². The second kappa shape index (κ2) is 8.77. The van der Waals surface area contributed by atoms with Gasteiger partial charge in [0.05, 0.1) is 21.5 Å². The molecule has 0 aliphatic rings. The Morgan fingerprint density at radius 2 is 0.812 bits per heavy atom. The van der Waals surface area contributed by atoms with E-state index in [4.69, 9.17) is 69.6 Å². The fourth-order valence-corrected chi connectivity index (χ4v) is 2.46. The van der Waals surface area contributed by atoms with E-state index in [1.807, 2.05) is 13.8 Å². The lowest BCUT2D eigenvalue weighted by molar-refractivity contribution is 0.610. The van der Waals surface area contributed by atoms with E-state index in [2.05, 4.69) is 0 Å². The van der Waals surface area contributed by atoms with Crippen molar-refractivity contribution < 1.29 is 0 Å². The normalized spacial score (nSPS) is 23.2. The molecule has 0 aromatic rings. The minimum absolute atomic E-state index is 0.134. The molecule has 0 nitrogen and oxygen atoms in total. The molecule has 0 heterocycles. The van der Waals surface area contributed by atoms with Gasteiger partial charge in [0.1, 0.15) is 0 Å². The lowest BCUT2D eigenvalue weighted by Crippen LogP contribution is -2.27. The van der Waals surface area contributed by atoms with Crippen molar-refractivity contribution >= 4 is 69.6 Å². The van der Waals surface area contributed by atoms with Crippen molar-refractivity contribution in [3.63, 3.8) is 0 Å². The monoisotopic (exact) mass is 350 g/mol. The Morgan fingerprint density at radius 3 is 1.00 bits per heavy atom. The smallest absolute Gasteiger partial charge is 0.0514 e. The van der Waals surface area contributed by atoms with Gasteiger partial charge in [0, 0.05) is 10.8 Å². The second-order valence-corrected chi connectivity index (χ2v) is 7.51. The van der Waals surface area contributed by atoms with E-state index in [0.29, 0.717) is 12.8 Å². The number of hydrogen-bond donors (Lipinski definition) is 0. The number of alkyl halides is 6. The molecule has 0 saturated heterocycles. The third-order valence-electron chi connectivity index (χ3n) is 2.29. The van der Waals surface area contributed by atoms with Gasteiger partial charge in [0.25, 0.3) is 0 Å². The van der Waals surface area contributed by atoms with E-state index in [0.717, 1.165) is 0 Å². The average Bonchev–Trinajstić information content (AvgIpc) is 2.16. The Kier molecular flexibility index (Phi) is 9.73. The first-order valence-corrected chi connectivity index (χ1v) is 7.72. The van der Waals surface area contributed by atoms with Crippen LogP contribution in [0.4, 0.5) is 0 Å². The zero-order chi connectivity index (χ0) is 12.9. The third kappa shape index (κ3) is 7.24. The van der Waals surface area contributed by atoms with Gasteiger partial charge in [-0.3, -0.25) is 0 Å². The minimum Gasteiger partial charge on any atom is -0.122 e. The fourth-order valence-electron chi connectivity index (χ4n) is 1.10. The van der Waals surface area contributed by atoms with Crippen LogP contribution >= 0.6 is 69.6 Å². The summed E-state index contributed by atoms with van der Waals surface area (Å²) in [7, 11) is 0. The summed E-state index contributed by atoms with van der Waals surface area (Å²) in [6.07, 6.45) is 1.12. The molecule has 98 valence electrons. The summed E-state index contributed by atoms with van der Waals surface area (Å²) in [6, 6.07) is 0. The summed E-state index contributed by atoms with van der Waals surface area (Å²) in [4.78, 5) is 0.